The van der Waals surface area contributed by atoms with E-state index in [9.17, 15) is 0 Å². The molecule has 1 heterocycles. The van der Waals surface area contributed by atoms with Gasteiger partial charge in [-0.05, 0) is 38.2 Å². The zero-order valence-corrected chi connectivity index (χ0v) is 11.9. The number of benzene rings is 1. The summed E-state index contributed by atoms with van der Waals surface area (Å²) < 4.78 is 7.66. The summed E-state index contributed by atoms with van der Waals surface area (Å²) in [5, 5.41) is 4.17. The van der Waals surface area contributed by atoms with Gasteiger partial charge in [0.2, 0.25) is 0 Å². The van der Waals surface area contributed by atoms with Crippen LogP contribution < -0.4 is 4.74 Å². The average Bonchev–Trinajstić information content (AvgIpc) is 2.83. The first-order valence-electron chi connectivity index (χ1n) is 6.44. The van der Waals surface area contributed by atoms with Crippen molar-refractivity contribution in [1.82, 2.24) is 14.7 Å². The van der Waals surface area contributed by atoms with Gasteiger partial charge >= 0.3 is 0 Å². The third kappa shape index (κ3) is 3.35. The minimum atomic E-state index is 0.0838. The van der Waals surface area contributed by atoms with Gasteiger partial charge in [0.15, 0.2) is 6.23 Å². The number of rotatable bonds is 5. The van der Waals surface area contributed by atoms with E-state index in [-0.39, 0.29) is 6.23 Å². The Hall–Kier alpha value is -1.81. The molecule has 4 heteroatoms. The maximum absolute atomic E-state index is 5.87. The minimum Gasteiger partial charge on any atom is -0.475 e. The number of aromatic nitrogens is 2. The van der Waals surface area contributed by atoms with Crippen LogP contribution in [0.1, 0.15) is 13.3 Å². The molecule has 0 aliphatic rings. The Morgan fingerprint density at radius 3 is 2.63 bits per heavy atom. The number of hydrogen-bond acceptors (Lipinski definition) is 3. The lowest BCUT2D eigenvalue weighted by Gasteiger charge is -2.23. The first-order valence-corrected chi connectivity index (χ1v) is 6.44. The van der Waals surface area contributed by atoms with E-state index in [1.807, 2.05) is 51.7 Å². The Bertz CT molecular complexity index is 516. The van der Waals surface area contributed by atoms with Gasteiger partial charge in [-0.1, -0.05) is 13.0 Å². The Kier molecular flexibility index (Phi) is 4.22. The van der Waals surface area contributed by atoms with Crippen LogP contribution in [0.5, 0.6) is 5.75 Å². The highest BCUT2D eigenvalue weighted by molar-refractivity contribution is 5.62. The van der Waals surface area contributed by atoms with Crippen LogP contribution in [-0.2, 0) is 7.05 Å². The van der Waals surface area contributed by atoms with Crippen molar-refractivity contribution in [2.24, 2.45) is 7.05 Å². The molecular formula is C15H20N3O. The zero-order chi connectivity index (χ0) is 13.8. The molecule has 0 saturated carbocycles. The van der Waals surface area contributed by atoms with Crippen LogP contribution in [0, 0.1) is 6.07 Å². The quantitative estimate of drug-likeness (QED) is 0.772. The Morgan fingerprint density at radius 2 is 2.16 bits per heavy atom. The molecule has 0 aliphatic heterocycles. The fourth-order valence-corrected chi connectivity index (χ4v) is 1.93. The second-order valence-electron chi connectivity index (χ2n) is 4.79. The van der Waals surface area contributed by atoms with Crippen LogP contribution in [0.3, 0.4) is 0 Å². The van der Waals surface area contributed by atoms with E-state index in [1.54, 1.807) is 4.68 Å². The largest absolute Gasteiger partial charge is 0.475 e. The second kappa shape index (κ2) is 5.89. The van der Waals surface area contributed by atoms with Gasteiger partial charge in [0.25, 0.3) is 0 Å². The van der Waals surface area contributed by atoms with Gasteiger partial charge in [0, 0.05) is 24.9 Å². The van der Waals surface area contributed by atoms with Crippen molar-refractivity contribution in [3.05, 3.63) is 36.7 Å². The van der Waals surface area contributed by atoms with Crippen LogP contribution in [0.2, 0.25) is 0 Å². The van der Waals surface area contributed by atoms with Crippen LogP contribution >= 0.6 is 0 Å². The van der Waals surface area contributed by atoms with E-state index in [0.29, 0.717) is 0 Å². The smallest absolute Gasteiger partial charge is 0.151 e. The summed E-state index contributed by atoms with van der Waals surface area (Å²) in [4.78, 5) is 2.06. The molecule has 19 heavy (non-hydrogen) atoms. The van der Waals surface area contributed by atoms with Crippen molar-refractivity contribution in [1.29, 1.82) is 0 Å². The van der Waals surface area contributed by atoms with Gasteiger partial charge in [-0.3, -0.25) is 9.58 Å². The molecule has 0 aliphatic carbocycles. The molecule has 0 amide bonds. The summed E-state index contributed by atoms with van der Waals surface area (Å²) in [7, 11) is 5.93. The highest BCUT2D eigenvalue weighted by atomic mass is 16.5. The first kappa shape index (κ1) is 13.6. The van der Waals surface area contributed by atoms with Crippen LogP contribution in [0.15, 0.2) is 30.6 Å². The van der Waals surface area contributed by atoms with Crippen molar-refractivity contribution in [2.45, 2.75) is 19.6 Å². The van der Waals surface area contributed by atoms with Gasteiger partial charge in [0.1, 0.15) is 5.75 Å². The molecule has 0 spiro atoms. The summed E-state index contributed by atoms with van der Waals surface area (Å²) in [6.45, 7) is 2.11. The summed E-state index contributed by atoms with van der Waals surface area (Å²) in [5.74, 6) is 0.771. The molecule has 1 unspecified atom stereocenters. The molecule has 0 fully saturated rings. The number of aryl methyl sites for hydroxylation is 1. The molecule has 0 N–H and O–H groups in total. The van der Waals surface area contributed by atoms with E-state index in [4.69, 9.17) is 4.74 Å². The lowest BCUT2D eigenvalue weighted by Crippen LogP contribution is -2.32. The molecule has 2 aromatic rings. The Labute approximate surface area is 114 Å². The lowest BCUT2D eigenvalue weighted by molar-refractivity contribution is 0.0610. The molecule has 101 valence electrons. The first-order chi connectivity index (χ1) is 9.10. The van der Waals surface area contributed by atoms with Crippen molar-refractivity contribution < 1.29 is 4.74 Å². The highest BCUT2D eigenvalue weighted by Gasteiger charge is 2.10. The summed E-state index contributed by atoms with van der Waals surface area (Å²) in [5.41, 5.74) is 2.18. The summed E-state index contributed by atoms with van der Waals surface area (Å²) in [6, 6.07) is 9.10. The van der Waals surface area contributed by atoms with E-state index in [0.717, 1.165) is 23.3 Å². The molecule has 1 aromatic heterocycles. The van der Waals surface area contributed by atoms with Gasteiger partial charge in [-0.25, -0.2) is 0 Å². The predicted molar refractivity (Wildman–Crippen MR) is 75.9 cm³/mol. The predicted octanol–water partition coefficient (Wildman–Crippen LogP) is 2.56. The molecule has 1 aromatic carbocycles. The molecule has 0 saturated heterocycles. The third-order valence-electron chi connectivity index (χ3n) is 3.01. The number of nitrogens with zero attached hydrogens (tertiary/aromatic N) is 3. The van der Waals surface area contributed by atoms with E-state index in [1.165, 1.54) is 0 Å². The molecule has 1 atom stereocenters. The average molecular weight is 258 g/mol. The van der Waals surface area contributed by atoms with Gasteiger partial charge in [-0.2, -0.15) is 5.10 Å². The van der Waals surface area contributed by atoms with E-state index >= 15 is 0 Å². The lowest BCUT2D eigenvalue weighted by atomic mass is 10.1. The van der Waals surface area contributed by atoms with Gasteiger partial charge in [-0.15, -0.1) is 0 Å². The SMILES string of the molecule is CCC(Oc1[c]cc(-c2cnn(C)c2)cc1)N(C)C. The fraction of sp³-hybridized carbons (Fsp3) is 0.400. The molecular weight excluding hydrogens is 238 g/mol. The van der Waals surface area contributed by atoms with Crippen LogP contribution in [0.25, 0.3) is 11.1 Å². The highest BCUT2D eigenvalue weighted by Crippen LogP contribution is 2.22. The number of hydrogen-bond donors (Lipinski definition) is 0. The Balaban J connectivity index is 2.10. The third-order valence-corrected chi connectivity index (χ3v) is 3.01. The number of ether oxygens (including phenoxy) is 1. The summed E-state index contributed by atoms with van der Waals surface area (Å²) in [6.07, 6.45) is 4.85. The monoisotopic (exact) mass is 258 g/mol. The molecule has 1 radical (unpaired) electrons. The zero-order valence-electron chi connectivity index (χ0n) is 11.9. The van der Waals surface area contributed by atoms with Gasteiger partial charge < -0.3 is 4.74 Å². The standard InChI is InChI=1S/C15H20N3O/c1-5-15(17(2)3)19-14-8-6-12(7-9-14)13-10-16-18(4)11-13/h6-8,10-11,15H,5H2,1-4H3. The Morgan fingerprint density at radius 1 is 1.37 bits per heavy atom. The van der Waals surface area contributed by atoms with Crippen molar-refractivity contribution in [3.8, 4) is 16.9 Å². The topological polar surface area (TPSA) is 30.3 Å². The molecule has 0 bridgehead atoms. The minimum absolute atomic E-state index is 0.0838. The van der Waals surface area contributed by atoms with Crippen molar-refractivity contribution >= 4 is 0 Å². The van der Waals surface area contributed by atoms with Crippen molar-refractivity contribution in [3.63, 3.8) is 0 Å². The van der Waals surface area contributed by atoms with Crippen LogP contribution in [-0.4, -0.2) is 35.0 Å². The molecule has 4 nitrogen and oxygen atoms in total. The van der Waals surface area contributed by atoms with Crippen molar-refractivity contribution in [2.75, 3.05) is 14.1 Å². The second-order valence-corrected chi connectivity index (χ2v) is 4.79. The maximum atomic E-state index is 5.87. The van der Waals surface area contributed by atoms with Gasteiger partial charge in [0.05, 0.1) is 6.20 Å². The van der Waals surface area contributed by atoms with Crippen LogP contribution in [0.4, 0.5) is 0 Å². The van der Waals surface area contributed by atoms with E-state index in [2.05, 4.69) is 23.0 Å². The van der Waals surface area contributed by atoms with E-state index < -0.39 is 0 Å². The maximum Gasteiger partial charge on any atom is 0.151 e. The fourth-order valence-electron chi connectivity index (χ4n) is 1.93. The normalized spacial score (nSPS) is 12.7. The summed E-state index contributed by atoms with van der Waals surface area (Å²) >= 11 is 0. The molecule has 2 rings (SSSR count).